The number of ether oxygens (including phenoxy) is 1. The van der Waals surface area contributed by atoms with Crippen LogP contribution in [-0.4, -0.2) is 37.1 Å². The van der Waals surface area contributed by atoms with E-state index in [2.05, 4.69) is 28.4 Å². The number of amides is 1. The Bertz CT molecular complexity index is 823. The van der Waals surface area contributed by atoms with Crippen molar-refractivity contribution in [3.63, 3.8) is 0 Å². The van der Waals surface area contributed by atoms with Crippen molar-refractivity contribution in [2.75, 3.05) is 7.11 Å². The first kappa shape index (κ1) is 18.7. The molecule has 1 aliphatic heterocycles. The van der Waals surface area contributed by atoms with Crippen LogP contribution in [0.4, 0.5) is 13.2 Å². The Morgan fingerprint density at radius 3 is 2.58 bits per heavy atom. The number of nitrogens with one attached hydrogen (secondary N) is 2. The molecule has 9 heteroatoms. The maximum atomic E-state index is 13.1. The molecule has 5 nitrogen and oxygen atoms in total. The van der Waals surface area contributed by atoms with Crippen LogP contribution in [0.15, 0.2) is 12.3 Å². The molecule has 26 heavy (non-hydrogen) atoms. The average molecular weight is 385 g/mol. The summed E-state index contributed by atoms with van der Waals surface area (Å²) in [5.74, 6) is -0.695. The first-order chi connectivity index (χ1) is 12.1. The number of carbonyl (C=O) groups excluding carboxylic acids is 1. The zero-order valence-corrected chi connectivity index (χ0v) is 16.0. The number of fused-ring (bicyclic) bond motifs is 1. The lowest BCUT2D eigenvalue weighted by Crippen LogP contribution is -2.42. The van der Waals surface area contributed by atoms with Crippen LogP contribution in [0, 0.1) is 0 Å². The number of methoxy groups -OCH3 is 1. The molecule has 0 radical (unpaired) electrons. The lowest BCUT2D eigenvalue weighted by Gasteiger charge is -2.33. The molecule has 0 spiro atoms. The lowest BCUT2D eigenvalue weighted by molar-refractivity contribution is -0.142. The van der Waals surface area contributed by atoms with Crippen molar-refractivity contribution in [3.05, 3.63) is 23.7 Å². The highest BCUT2D eigenvalue weighted by Crippen LogP contribution is 2.39. The molecule has 1 aliphatic rings. The number of pyridine rings is 1. The largest absolute Gasteiger partial charge is 0.494 e. The Kier molecular flexibility index (Phi) is 4.76. The summed E-state index contributed by atoms with van der Waals surface area (Å²) < 4.78 is 44.1. The highest BCUT2D eigenvalue weighted by Gasteiger charge is 2.37. The van der Waals surface area contributed by atoms with Gasteiger partial charge in [-0.1, -0.05) is 25.2 Å². The standard InChI is InChI=1S/C17H22F3N3O2Si/c1-25-14-11-8-12(23-13(11)9-21-15(14)17(18,19)20)16(24)22-10-4-6-26(2,3)7-5-10/h8-10,23H,4-7H2,1-3H3,(H,22,24). The fraction of sp³-hybridized carbons (Fsp3) is 0.529. The van der Waals surface area contributed by atoms with Gasteiger partial charge in [0, 0.05) is 19.5 Å². The van der Waals surface area contributed by atoms with Gasteiger partial charge >= 0.3 is 6.18 Å². The van der Waals surface area contributed by atoms with Crippen LogP contribution in [0.1, 0.15) is 29.0 Å². The zero-order chi connectivity index (χ0) is 19.1. The van der Waals surface area contributed by atoms with Gasteiger partial charge in [-0.3, -0.25) is 4.79 Å². The van der Waals surface area contributed by atoms with Gasteiger partial charge in [-0.25, -0.2) is 4.98 Å². The third kappa shape index (κ3) is 3.72. The number of H-pyrrole nitrogens is 1. The Morgan fingerprint density at radius 1 is 1.35 bits per heavy atom. The molecule has 2 aromatic rings. The van der Waals surface area contributed by atoms with Gasteiger partial charge in [-0.15, -0.1) is 0 Å². The van der Waals surface area contributed by atoms with Crippen LogP contribution in [-0.2, 0) is 6.18 Å². The second-order valence-electron chi connectivity index (χ2n) is 7.56. The number of alkyl halides is 3. The molecule has 0 saturated carbocycles. The van der Waals surface area contributed by atoms with Crippen molar-refractivity contribution in [2.45, 2.75) is 50.2 Å². The monoisotopic (exact) mass is 385 g/mol. The number of nitrogens with zero attached hydrogens (tertiary/aromatic N) is 1. The van der Waals surface area contributed by atoms with Gasteiger partial charge < -0.3 is 15.0 Å². The van der Waals surface area contributed by atoms with Crippen molar-refractivity contribution in [1.29, 1.82) is 0 Å². The van der Waals surface area contributed by atoms with Crippen LogP contribution in [0.3, 0.4) is 0 Å². The minimum absolute atomic E-state index is 0.111. The van der Waals surface area contributed by atoms with E-state index in [0.29, 0.717) is 5.52 Å². The molecule has 142 valence electrons. The Hall–Kier alpha value is -2.03. The fourth-order valence-electron chi connectivity index (χ4n) is 3.41. The quantitative estimate of drug-likeness (QED) is 0.779. The third-order valence-electron chi connectivity index (χ3n) is 5.02. The van der Waals surface area contributed by atoms with Crippen molar-refractivity contribution < 1.29 is 22.7 Å². The summed E-state index contributed by atoms with van der Waals surface area (Å²) in [6, 6.07) is 3.83. The fourth-order valence-corrected chi connectivity index (χ4v) is 5.92. The van der Waals surface area contributed by atoms with Crippen LogP contribution in [0.25, 0.3) is 10.9 Å². The minimum Gasteiger partial charge on any atom is -0.494 e. The predicted octanol–water partition coefficient (Wildman–Crippen LogP) is 4.19. The smallest absolute Gasteiger partial charge is 0.437 e. The first-order valence-electron chi connectivity index (χ1n) is 8.54. The summed E-state index contributed by atoms with van der Waals surface area (Å²) >= 11 is 0. The van der Waals surface area contributed by atoms with Crippen LogP contribution in [0.2, 0.25) is 25.2 Å². The van der Waals surface area contributed by atoms with Gasteiger partial charge in [0.05, 0.1) is 18.8 Å². The molecule has 0 atom stereocenters. The maximum absolute atomic E-state index is 13.1. The first-order valence-corrected chi connectivity index (χ1v) is 12.0. The van der Waals surface area contributed by atoms with Crippen LogP contribution < -0.4 is 10.1 Å². The van der Waals surface area contributed by atoms with Crippen molar-refractivity contribution >= 4 is 24.9 Å². The molecular weight excluding hydrogens is 363 g/mol. The zero-order valence-electron chi connectivity index (χ0n) is 15.0. The predicted molar refractivity (Wildman–Crippen MR) is 95.2 cm³/mol. The normalized spacial score (nSPS) is 18.1. The molecule has 1 saturated heterocycles. The highest BCUT2D eigenvalue weighted by molar-refractivity contribution is 6.77. The van der Waals surface area contributed by atoms with Gasteiger partial charge in [0.15, 0.2) is 11.4 Å². The van der Waals surface area contributed by atoms with Gasteiger partial charge in [-0.2, -0.15) is 13.2 Å². The van der Waals surface area contributed by atoms with E-state index in [1.54, 1.807) is 0 Å². The average Bonchev–Trinajstić information content (AvgIpc) is 2.99. The molecule has 0 unspecified atom stereocenters. The molecule has 3 rings (SSSR count). The maximum Gasteiger partial charge on any atom is 0.437 e. The SMILES string of the molecule is COc1c(C(F)(F)F)ncc2[nH]c(C(=O)NC3CC[Si](C)(C)CC3)cc12. The van der Waals surface area contributed by atoms with E-state index in [4.69, 9.17) is 4.74 Å². The summed E-state index contributed by atoms with van der Waals surface area (Å²) in [4.78, 5) is 18.8. The van der Waals surface area contributed by atoms with E-state index >= 15 is 0 Å². The summed E-state index contributed by atoms with van der Waals surface area (Å²) in [5.41, 5.74) is -0.559. The topological polar surface area (TPSA) is 67.0 Å². The van der Waals surface area contributed by atoms with Crippen LogP contribution >= 0.6 is 0 Å². The molecule has 1 amide bonds. The van der Waals surface area contributed by atoms with E-state index in [1.165, 1.54) is 6.07 Å². The number of aromatic amines is 1. The Morgan fingerprint density at radius 2 is 2.00 bits per heavy atom. The summed E-state index contributed by atoms with van der Waals surface area (Å²) in [7, 11) is 0.0427. The second-order valence-corrected chi connectivity index (χ2v) is 12.9. The van der Waals surface area contributed by atoms with Gasteiger partial charge in [-0.05, 0) is 18.9 Å². The van der Waals surface area contributed by atoms with Crippen molar-refractivity contribution in [3.8, 4) is 5.75 Å². The number of hydrogen-bond acceptors (Lipinski definition) is 3. The molecule has 2 N–H and O–H groups in total. The number of rotatable bonds is 3. The van der Waals surface area contributed by atoms with E-state index in [0.717, 1.165) is 38.2 Å². The summed E-state index contributed by atoms with van der Waals surface area (Å²) in [6.45, 7) is 4.69. The van der Waals surface area contributed by atoms with E-state index in [9.17, 15) is 18.0 Å². The molecule has 3 heterocycles. The van der Waals surface area contributed by atoms with E-state index in [1.807, 2.05) is 0 Å². The summed E-state index contributed by atoms with van der Waals surface area (Å²) in [5, 5.41) is 3.18. The van der Waals surface area contributed by atoms with E-state index < -0.39 is 19.9 Å². The third-order valence-corrected chi connectivity index (χ3v) is 8.31. The number of halogens is 3. The summed E-state index contributed by atoms with van der Waals surface area (Å²) in [6.07, 6.45) is -1.65. The van der Waals surface area contributed by atoms with Crippen LogP contribution in [0.5, 0.6) is 5.75 Å². The van der Waals surface area contributed by atoms with Gasteiger partial charge in [0.2, 0.25) is 0 Å². The van der Waals surface area contributed by atoms with Crippen molar-refractivity contribution in [2.24, 2.45) is 0 Å². The van der Waals surface area contributed by atoms with Gasteiger partial charge in [0.25, 0.3) is 5.91 Å². The van der Waals surface area contributed by atoms with Crippen molar-refractivity contribution in [1.82, 2.24) is 15.3 Å². The molecule has 0 aromatic carbocycles. The number of aromatic nitrogens is 2. The molecule has 2 aromatic heterocycles. The molecule has 1 fully saturated rings. The Labute approximate surface area is 150 Å². The number of carbonyl (C=O) groups is 1. The Balaban J connectivity index is 1.84. The number of hydrogen-bond donors (Lipinski definition) is 2. The minimum atomic E-state index is -4.63. The lowest BCUT2D eigenvalue weighted by atomic mass is 10.1. The highest BCUT2D eigenvalue weighted by atomic mass is 28.3. The van der Waals surface area contributed by atoms with E-state index in [-0.39, 0.29) is 28.8 Å². The molecule has 0 aliphatic carbocycles. The second kappa shape index (κ2) is 6.60. The van der Waals surface area contributed by atoms with Gasteiger partial charge in [0.1, 0.15) is 5.69 Å². The molecular formula is C17H22F3N3O2Si. The molecule has 0 bridgehead atoms.